The van der Waals surface area contributed by atoms with Crippen molar-refractivity contribution in [3.63, 3.8) is 0 Å². The van der Waals surface area contributed by atoms with Gasteiger partial charge in [0.2, 0.25) is 10.0 Å². The third kappa shape index (κ3) is 3.78. The van der Waals surface area contributed by atoms with E-state index in [0.29, 0.717) is 5.56 Å². The third-order valence-corrected chi connectivity index (χ3v) is 4.42. The van der Waals surface area contributed by atoms with E-state index in [2.05, 4.69) is 4.72 Å². The largest absolute Gasteiger partial charge is 0.548 e. The van der Waals surface area contributed by atoms with Gasteiger partial charge in [0.25, 0.3) is 0 Å². The number of rotatable bonds is 5. The first-order valence-corrected chi connectivity index (χ1v) is 7.44. The van der Waals surface area contributed by atoms with Crippen molar-refractivity contribution in [1.82, 2.24) is 4.72 Å². The SMILES string of the molecule is Cc1ccc(C)c(S(=O)(=O)N[C@H](C(=O)[O-])C(C)C)c1. The summed E-state index contributed by atoms with van der Waals surface area (Å²) < 4.78 is 26.6. The highest BCUT2D eigenvalue weighted by atomic mass is 32.2. The molecule has 0 radical (unpaired) electrons. The number of sulfonamides is 1. The number of carboxylic acids is 1. The van der Waals surface area contributed by atoms with E-state index < -0.39 is 28.0 Å². The highest BCUT2D eigenvalue weighted by molar-refractivity contribution is 7.89. The van der Waals surface area contributed by atoms with Crippen LogP contribution in [0.1, 0.15) is 25.0 Å². The number of hydrogen-bond donors (Lipinski definition) is 1. The molecular formula is C13H18NO4S-. The molecule has 0 saturated carbocycles. The van der Waals surface area contributed by atoms with Crippen LogP contribution in [0.3, 0.4) is 0 Å². The molecule has 1 N–H and O–H groups in total. The topological polar surface area (TPSA) is 86.3 Å². The van der Waals surface area contributed by atoms with E-state index in [1.165, 1.54) is 6.07 Å². The number of nitrogens with one attached hydrogen (secondary N) is 1. The molecule has 0 saturated heterocycles. The molecule has 106 valence electrons. The normalized spacial score (nSPS) is 13.5. The first-order valence-electron chi connectivity index (χ1n) is 5.95. The predicted octanol–water partition coefficient (Wildman–Crippen LogP) is 0.356. The zero-order valence-electron chi connectivity index (χ0n) is 11.4. The fourth-order valence-electron chi connectivity index (χ4n) is 1.68. The molecule has 0 aliphatic rings. The van der Waals surface area contributed by atoms with Gasteiger partial charge in [-0.3, -0.25) is 0 Å². The zero-order chi connectivity index (χ0) is 14.8. The maximum absolute atomic E-state index is 12.2. The van der Waals surface area contributed by atoms with Crippen LogP contribution in [0.5, 0.6) is 0 Å². The lowest BCUT2D eigenvalue weighted by atomic mass is 10.1. The van der Waals surface area contributed by atoms with Gasteiger partial charge in [-0.15, -0.1) is 0 Å². The number of aliphatic carboxylic acids is 1. The molecule has 5 nitrogen and oxygen atoms in total. The van der Waals surface area contributed by atoms with Gasteiger partial charge >= 0.3 is 0 Å². The third-order valence-electron chi connectivity index (χ3n) is 2.84. The van der Waals surface area contributed by atoms with E-state index in [9.17, 15) is 18.3 Å². The minimum atomic E-state index is -3.87. The van der Waals surface area contributed by atoms with Crippen molar-refractivity contribution in [3.8, 4) is 0 Å². The van der Waals surface area contributed by atoms with Gasteiger partial charge in [-0.1, -0.05) is 26.0 Å². The fraction of sp³-hybridized carbons (Fsp3) is 0.462. The molecule has 1 atom stereocenters. The quantitative estimate of drug-likeness (QED) is 0.845. The van der Waals surface area contributed by atoms with Crippen LogP contribution in [0, 0.1) is 19.8 Å². The first-order chi connectivity index (χ1) is 8.65. The Morgan fingerprint density at radius 2 is 1.84 bits per heavy atom. The lowest BCUT2D eigenvalue weighted by molar-refractivity contribution is -0.309. The second-order valence-electron chi connectivity index (χ2n) is 4.93. The van der Waals surface area contributed by atoms with Crippen molar-refractivity contribution >= 4 is 16.0 Å². The molecule has 0 amide bonds. The lowest BCUT2D eigenvalue weighted by Gasteiger charge is -2.23. The van der Waals surface area contributed by atoms with Crippen LogP contribution in [0.25, 0.3) is 0 Å². The summed E-state index contributed by atoms with van der Waals surface area (Å²) in [5.41, 5.74) is 1.36. The fourth-order valence-corrected chi connectivity index (χ4v) is 3.35. The van der Waals surface area contributed by atoms with Crippen molar-refractivity contribution in [3.05, 3.63) is 29.3 Å². The lowest BCUT2D eigenvalue weighted by Crippen LogP contribution is -2.50. The second kappa shape index (κ2) is 5.71. The van der Waals surface area contributed by atoms with Crippen LogP contribution in [0.2, 0.25) is 0 Å². The van der Waals surface area contributed by atoms with Gasteiger partial charge in [0, 0.05) is 0 Å². The van der Waals surface area contributed by atoms with Gasteiger partial charge in [-0.2, -0.15) is 0 Å². The number of benzene rings is 1. The molecule has 0 bridgehead atoms. The number of aryl methyl sites for hydroxylation is 2. The smallest absolute Gasteiger partial charge is 0.241 e. The van der Waals surface area contributed by atoms with Gasteiger partial charge in [-0.05, 0) is 37.0 Å². The van der Waals surface area contributed by atoms with Gasteiger partial charge in [0.15, 0.2) is 0 Å². The van der Waals surface area contributed by atoms with Crippen molar-refractivity contribution in [2.24, 2.45) is 5.92 Å². The standard InChI is InChI=1S/C13H19NO4S/c1-8(2)12(13(15)16)14-19(17,18)11-7-9(3)5-6-10(11)4/h5-8,12,14H,1-4H3,(H,15,16)/p-1/t12-/m0/s1. The number of hydrogen-bond acceptors (Lipinski definition) is 4. The summed E-state index contributed by atoms with van der Waals surface area (Å²) in [7, 11) is -3.87. The average Bonchev–Trinajstić information content (AvgIpc) is 2.28. The van der Waals surface area contributed by atoms with Gasteiger partial charge in [-0.25, -0.2) is 13.1 Å². The van der Waals surface area contributed by atoms with E-state index in [-0.39, 0.29) is 4.90 Å². The number of carbonyl (C=O) groups is 1. The molecule has 1 aromatic carbocycles. The van der Waals surface area contributed by atoms with E-state index in [1.807, 2.05) is 0 Å². The Morgan fingerprint density at radius 1 is 1.26 bits per heavy atom. The number of carboxylic acid groups (broad SMARTS) is 1. The minimum Gasteiger partial charge on any atom is -0.548 e. The molecule has 0 aromatic heterocycles. The van der Waals surface area contributed by atoms with Crippen molar-refractivity contribution < 1.29 is 18.3 Å². The Kier molecular flexibility index (Phi) is 4.70. The van der Waals surface area contributed by atoms with Crippen LogP contribution in [0.15, 0.2) is 23.1 Å². The maximum Gasteiger partial charge on any atom is 0.241 e. The molecule has 19 heavy (non-hydrogen) atoms. The summed E-state index contributed by atoms with van der Waals surface area (Å²) in [6, 6.07) is 3.76. The monoisotopic (exact) mass is 284 g/mol. The van der Waals surface area contributed by atoms with E-state index in [4.69, 9.17) is 0 Å². The molecular weight excluding hydrogens is 266 g/mol. The maximum atomic E-state index is 12.2. The molecule has 6 heteroatoms. The summed E-state index contributed by atoms with van der Waals surface area (Å²) in [5.74, 6) is -1.83. The molecule has 0 aliphatic heterocycles. The Bertz CT molecular complexity index is 578. The van der Waals surface area contributed by atoms with Crippen molar-refractivity contribution in [2.45, 2.75) is 38.6 Å². The van der Waals surface area contributed by atoms with E-state index in [0.717, 1.165) is 5.56 Å². The Balaban J connectivity index is 3.17. The number of carbonyl (C=O) groups excluding carboxylic acids is 1. The predicted molar refractivity (Wildman–Crippen MR) is 69.9 cm³/mol. The van der Waals surface area contributed by atoms with Gasteiger partial charge < -0.3 is 9.90 Å². The Morgan fingerprint density at radius 3 is 2.32 bits per heavy atom. The van der Waals surface area contributed by atoms with Gasteiger partial charge in [0.05, 0.1) is 16.9 Å². The zero-order valence-corrected chi connectivity index (χ0v) is 12.2. The van der Waals surface area contributed by atoms with Gasteiger partial charge in [0.1, 0.15) is 0 Å². The van der Waals surface area contributed by atoms with Crippen LogP contribution in [0.4, 0.5) is 0 Å². The molecule has 0 heterocycles. The molecule has 1 rings (SSSR count). The molecule has 0 fully saturated rings. The second-order valence-corrected chi connectivity index (χ2v) is 6.61. The van der Waals surface area contributed by atoms with Crippen LogP contribution < -0.4 is 9.83 Å². The van der Waals surface area contributed by atoms with E-state index in [1.54, 1.807) is 39.8 Å². The summed E-state index contributed by atoms with van der Waals surface area (Å²) >= 11 is 0. The summed E-state index contributed by atoms with van der Waals surface area (Å²) in [5, 5.41) is 11.0. The van der Waals surface area contributed by atoms with Crippen LogP contribution >= 0.6 is 0 Å². The Labute approximate surface area is 113 Å². The summed E-state index contributed by atoms with van der Waals surface area (Å²) in [4.78, 5) is 11.1. The van der Waals surface area contributed by atoms with Crippen molar-refractivity contribution in [1.29, 1.82) is 0 Å². The highest BCUT2D eigenvalue weighted by Gasteiger charge is 2.24. The minimum absolute atomic E-state index is 0.0967. The molecule has 0 unspecified atom stereocenters. The van der Waals surface area contributed by atoms with Crippen LogP contribution in [-0.4, -0.2) is 20.4 Å². The molecule has 0 spiro atoms. The highest BCUT2D eigenvalue weighted by Crippen LogP contribution is 2.17. The van der Waals surface area contributed by atoms with E-state index >= 15 is 0 Å². The Hall–Kier alpha value is -1.40. The summed E-state index contributed by atoms with van der Waals surface area (Å²) in [6.07, 6.45) is 0. The van der Waals surface area contributed by atoms with Crippen molar-refractivity contribution in [2.75, 3.05) is 0 Å². The first kappa shape index (κ1) is 15.7. The average molecular weight is 284 g/mol. The summed E-state index contributed by atoms with van der Waals surface area (Å²) in [6.45, 7) is 6.67. The molecule has 1 aromatic rings. The molecule has 0 aliphatic carbocycles. The van der Waals surface area contributed by atoms with Crippen LogP contribution in [-0.2, 0) is 14.8 Å².